The summed E-state index contributed by atoms with van der Waals surface area (Å²) in [7, 11) is 0. The molecule has 0 amide bonds. The first-order chi connectivity index (χ1) is 10.3. The molecule has 21 heavy (non-hydrogen) atoms. The van der Waals surface area contributed by atoms with Gasteiger partial charge in [-0.3, -0.25) is 0 Å². The van der Waals surface area contributed by atoms with E-state index in [1.807, 2.05) is 18.2 Å². The van der Waals surface area contributed by atoms with Gasteiger partial charge in [0, 0.05) is 0 Å². The maximum absolute atomic E-state index is 9.95. The van der Waals surface area contributed by atoms with Crippen LogP contribution >= 0.6 is 0 Å². The highest BCUT2D eigenvalue weighted by molar-refractivity contribution is 5.71. The first-order valence-electron chi connectivity index (χ1n) is 7.75. The lowest BCUT2D eigenvalue weighted by Gasteiger charge is -2.17. The molecular weight excluding hydrogens is 260 g/mol. The van der Waals surface area contributed by atoms with Crippen molar-refractivity contribution in [2.24, 2.45) is 0 Å². The van der Waals surface area contributed by atoms with E-state index in [0.717, 1.165) is 30.4 Å². The van der Waals surface area contributed by atoms with E-state index in [1.165, 1.54) is 22.3 Å². The summed E-state index contributed by atoms with van der Waals surface area (Å²) in [4.78, 5) is 0. The van der Waals surface area contributed by atoms with Gasteiger partial charge in [0.25, 0.3) is 0 Å². The van der Waals surface area contributed by atoms with Gasteiger partial charge in [-0.05, 0) is 52.3 Å². The van der Waals surface area contributed by atoms with Crippen LogP contribution in [0.5, 0.6) is 0 Å². The van der Waals surface area contributed by atoms with Crippen LogP contribution in [0.3, 0.4) is 0 Å². The number of hydrogen-bond acceptors (Lipinski definition) is 2. The van der Waals surface area contributed by atoms with Crippen LogP contribution in [-0.4, -0.2) is 5.11 Å². The predicted octanol–water partition coefficient (Wildman–Crippen LogP) is 4.22. The Morgan fingerprint density at radius 2 is 1.90 bits per heavy atom. The van der Waals surface area contributed by atoms with Crippen LogP contribution in [0.1, 0.15) is 42.0 Å². The summed E-state index contributed by atoms with van der Waals surface area (Å²) in [5.41, 5.74) is 7.33. The summed E-state index contributed by atoms with van der Waals surface area (Å²) in [5.74, 6) is 0. The molecule has 0 saturated heterocycles. The molecule has 0 atom stereocenters. The Morgan fingerprint density at radius 1 is 1.10 bits per heavy atom. The van der Waals surface area contributed by atoms with Crippen molar-refractivity contribution < 1.29 is 9.84 Å². The van der Waals surface area contributed by atoms with Crippen LogP contribution in [0.25, 0.3) is 11.1 Å². The van der Waals surface area contributed by atoms with Crippen molar-refractivity contribution in [3.8, 4) is 11.1 Å². The second-order valence-corrected chi connectivity index (χ2v) is 5.64. The quantitative estimate of drug-likeness (QED) is 0.889. The number of ether oxygens (including phenoxy) is 1. The molecule has 2 nitrogen and oxygen atoms in total. The smallest absolute Gasteiger partial charge is 0.0727 e. The summed E-state index contributed by atoms with van der Waals surface area (Å²) in [6.07, 6.45) is 3.34. The summed E-state index contributed by atoms with van der Waals surface area (Å²) in [5, 5.41) is 9.95. The molecule has 0 saturated carbocycles. The minimum absolute atomic E-state index is 0.0938. The summed E-state index contributed by atoms with van der Waals surface area (Å²) in [6.45, 7) is 3.68. The third-order valence-electron chi connectivity index (χ3n) is 4.29. The monoisotopic (exact) mass is 282 g/mol. The number of benzene rings is 2. The molecule has 110 valence electrons. The van der Waals surface area contributed by atoms with Gasteiger partial charge in [-0.25, -0.2) is 0 Å². The molecule has 2 heteroatoms. The molecule has 2 aromatic carbocycles. The number of unbranched alkanes of at least 4 members (excludes halogenated alkanes) is 1. The van der Waals surface area contributed by atoms with E-state index in [2.05, 4.69) is 25.1 Å². The second kappa shape index (κ2) is 6.42. The van der Waals surface area contributed by atoms with E-state index < -0.39 is 0 Å². The van der Waals surface area contributed by atoms with Gasteiger partial charge in [0.15, 0.2) is 0 Å². The van der Waals surface area contributed by atoms with Gasteiger partial charge in [-0.15, -0.1) is 0 Å². The fourth-order valence-electron chi connectivity index (χ4n) is 3.17. The zero-order valence-electron chi connectivity index (χ0n) is 12.6. The van der Waals surface area contributed by atoms with Crippen LogP contribution in [0.4, 0.5) is 0 Å². The van der Waals surface area contributed by atoms with Crippen LogP contribution in [0, 0.1) is 0 Å². The lowest BCUT2D eigenvalue weighted by molar-refractivity contribution is 0.134. The molecule has 1 N–H and O–H groups in total. The lowest BCUT2D eigenvalue weighted by atomic mass is 9.87. The number of aliphatic hydroxyl groups excluding tert-OH is 1. The predicted molar refractivity (Wildman–Crippen MR) is 84.9 cm³/mol. The van der Waals surface area contributed by atoms with Gasteiger partial charge in [0.1, 0.15) is 0 Å². The van der Waals surface area contributed by atoms with Gasteiger partial charge in [-0.1, -0.05) is 43.7 Å². The van der Waals surface area contributed by atoms with Crippen molar-refractivity contribution in [1.82, 2.24) is 0 Å². The Hall–Kier alpha value is -1.64. The van der Waals surface area contributed by atoms with Gasteiger partial charge in [0.05, 0.1) is 19.8 Å². The highest BCUT2D eigenvalue weighted by Crippen LogP contribution is 2.35. The molecular formula is C19H22O2. The fraction of sp³-hybridized carbons (Fsp3) is 0.368. The molecule has 1 aliphatic rings. The lowest BCUT2D eigenvalue weighted by Crippen LogP contribution is -2.04. The minimum Gasteiger partial charge on any atom is -0.392 e. The van der Waals surface area contributed by atoms with Gasteiger partial charge >= 0.3 is 0 Å². The van der Waals surface area contributed by atoms with E-state index in [-0.39, 0.29) is 6.61 Å². The largest absolute Gasteiger partial charge is 0.392 e. The first kappa shape index (κ1) is 14.3. The van der Waals surface area contributed by atoms with Gasteiger partial charge < -0.3 is 9.84 Å². The van der Waals surface area contributed by atoms with Crippen LogP contribution < -0.4 is 0 Å². The summed E-state index contributed by atoms with van der Waals surface area (Å²) in [6, 6.07) is 12.5. The highest BCUT2D eigenvalue weighted by Gasteiger charge is 2.21. The molecule has 0 aromatic heterocycles. The highest BCUT2D eigenvalue weighted by atomic mass is 16.5. The maximum atomic E-state index is 9.95. The molecule has 1 aliphatic heterocycles. The van der Waals surface area contributed by atoms with E-state index in [0.29, 0.717) is 13.2 Å². The van der Waals surface area contributed by atoms with Gasteiger partial charge in [0.2, 0.25) is 0 Å². The fourth-order valence-corrected chi connectivity index (χ4v) is 3.17. The van der Waals surface area contributed by atoms with E-state index >= 15 is 0 Å². The zero-order valence-corrected chi connectivity index (χ0v) is 12.6. The maximum Gasteiger partial charge on any atom is 0.0727 e. The summed E-state index contributed by atoms with van der Waals surface area (Å²) < 4.78 is 5.64. The third-order valence-corrected chi connectivity index (χ3v) is 4.29. The second-order valence-electron chi connectivity index (χ2n) is 5.64. The topological polar surface area (TPSA) is 29.5 Å². The molecule has 0 fully saturated rings. The number of fused-ring (bicyclic) bond motifs is 1. The van der Waals surface area contributed by atoms with Crippen molar-refractivity contribution in [3.05, 3.63) is 58.7 Å². The molecule has 0 spiro atoms. The van der Waals surface area contributed by atoms with E-state index in [9.17, 15) is 5.11 Å². The normalized spacial score (nSPS) is 13.4. The number of rotatable bonds is 5. The van der Waals surface area contributed by atoms with E-state index in [4.69, 9.17) is 4.74 Å². The zero-order chi connectivity index (χ0) is 14.7. The summed E-state index contributed by atoms with van der Waals surface area (Å²) >= 11 is 0. The Bertz CT molecular complexity index is 617. The van der Waals surface area contributed by atoms with Crippen molar-refractivity contribution in [3.63, 3.8) is 0 Å². The van der Waals surface area contributed by atoms with Crippen molar-refractivity contribution in [1.29, 1.82) is 0 Å². The van der Waals surface area contributed by atoms with Crippen LogP contribution in [-0.2, 0) is 31.0 Å². The molecule has 0 aliphatic carbocycles. The SMILES string of the molecule is CCCCc1c2c(cc(-c3ccccc3)c1CO)COC2. The molecule has 0 bridgehead atoms. The third kappa shape index (κ3) is 2.74. The molecule has 2 aromatic rings. The molecule has 0 unspecified atom stereocenters. The van der Waals surface area contributed by atoms with Crippen LogP contribution in [0.2, 0.25) is 0 Å². The first-order valence-corrected chi connectivity index (χ1v) is 7.75. The van der Waals surface area contributed by atoms with Crippen molar-refractivity contribution >= 4 is 0 Å². The average Bonchev–Trinajstić information content (AvgIpc) is 3.00. The molecule has 3 rings (SSSR count). The van der Waals surface area contributed by atoms with Crippen molar-refractivity contribution in [2.45, 2.75) is 46.0 Å². The van der Waals surface area contributed by atoms with Gasteiger partial charge in [-0.2, -0.15) is 0 Å². The standard InChI is InChI=1S/C19H22O2/c1-2-3-9-16-18(11-20)17(14-7-5-4-6-8-14)10-15-12-21-13-19(15)16/h4-8,10,20H,2-3,9,11-13H2,1H3. The van der Waals surface area contributed by atoms with Crippen LogP contribution in [0.15, 0.2) is 36.4 Å². The Kier molecular flexibility index (Phi) is 4.37. The number of hydrogen-bond donors (Lipinski definition) is 1. The van der Waals surface area contributed by atoms with Crippen molar-refractivity contribution in [2.75, 3.05) is 0 Å². The number of aliphatic hydroxyl groups is 1. The Balaban J connectivity index is 2.16. The average molecular weight is 282 g/mol. The Morgan fingerprint density at radius 3 is 2.62 bits per heavy atom. The molecule has 1 heterocycles. The molecule has 0 radical (unpaired) electrons. The Labute approximate surface area is 126 Å². The minimum atomic E-state index is 0.0938. The van der Waals surface area contributed by atoms with E-state index in [1.54, 1.807) is 0 Å².